The third-order valence-corrected chi connectivity index (χ3v) is 14.6. The van der Waals surface area contributed by atoms with Crippen LogP contribution >= 0.6 is 45.9 Å². The number of aryl methyl sites for hydroxylation is 4. The first kappa shape index (κ1) is 46.4. The second-order valence-electron chi connectivity index (χ2n) is 16.3. The molecule has 4 aliphatic heterocycles. The molecule has 334 valence electrons. The summed E-state index contributed by atoms with van der Waals surface area (Å²) in [6, 6.07) is 9.71. The largest absolute Gasteiger partial charge is 0.325 e. The lowest BCUT2D eigenvalue weighted by Gasteiger charge is -2.29. The molecule has 18 heteroatoms. The molecule has 2 unspecified atom stereocenters. The van der Waals surface area contributed by atoms with Gasteiger partial charge in [-0.15, -0.1) is 22.7 Å². The molecule has 2 aromatic carbocycles. The Morgan fingerprint density at radius 3 is 1.97 bits per heavy atom. The molecular weight excluding hydrogens is 902 g/mol. The summed E-state index contributed by atoms with van der Waals surface area (Å²) < 4.78 is 0. The van der Waals surface area contributed by atoms with Gasteiger partial charge in [-0.3, -0.25) is 53.8 Å². The highest BCUT2D eigenvalue weighted by Gasteiger charge is 2.42. The summed E-state index contributed by atoms with van der Waals surface area (Å²) in [7, 11) is 0. The molecule has 7 amide bonds. The van der Waals surface area contributed by atoms with Crippen molar-refractivity contribution in [1.82, 2.24) is 20.4 Å². The maximum Gasteiger partial charge on any atom is 0.265 e. The van der Waals surface area contributed by atoms with E-state index in [2.05, 4.69) is 16.0 Å². The molecule has 0 bridgehead atoms. The molecule has 0 aliphatic carbocycles. The molecule has 2 aromatic heterocycles. The molecule has 2 fully saturated rings. The third kappa shape index (κ3) is 10.7. The third-order valence-electron chi connectivity index (χ3n) is 11.7. The summed E-state index contributed by atoms with van der Waals surface area (Å²) in [5.41, 5.74) is 6.68. The number of halogens is 2. The number of amides is 7. The fraction of sp³-hybridized carbons (Fsp3) is 0.370. The number of carbonyl (C=O) groups excluding carboxylic acids is 9. The molecule has 4 aliphatic rings. The number of hydrogen-bond donors (Lipinski definition) is 3. The van der Waals surface area contributed by atoms with Crippen LogP contribution in [0.3, 0.4) is 0 Å². The fourth-order valence-corrected chi connectivity index (χ4v) is 10.8. The first-order valence-corrected chi connectivity index (χ1v) is 23.4. The van der Waals surface area contributed by atoms with E-state index in [0.29, 0.717) is 90.6 Å². The Balaban J connectivity index is 0.000000192. The molecule has 3 N–H and O–H groups in total. The number of piperidine rings is 2. The monoisotopic (exact) mass is 945 g/mol. The van der Waals surface area contributed by atoms with E-state index in [9.17, 15) is 43.2 Å². The van der Waals surface area contributed by atoms with E-state index in [4.69, 9.17) is 23.2 Å². The van der Waals surface area contributed by atoms with Crippen LogP contribution in [0.25, 0.3) is 0 Å². The van der Waals surface area contributed by atoms with Crippen LogP contribution in [0.5, 0.6) is 0 Å². The van der Waals surface area contributed by atoms with E-state index in [0.717, 1.165) is 38.3 Å². The van der Waals surface area contributed by atoms with Crippen LogP contribution in [-0.2, 0) is 72.3 Å². The van der Waals surface area contributed by atoms with Crippen molar-refractivity contribution in [3.8, 4) is 0 Å². The van der Waals surface area contributed by atoms with Gasteiger partial charge in [0.15, 0.2) is 0 Å². The molecule has 2 atom stereocenters. The number of hydrogen-bond acceptors (Lipinski definition) is 11. The molecule has 0 spiro atoms. The fourth-order valence-electron chi connectivity index (χ4n) is 8.20. The lowest BCUT2D eigenvalue weighted by molar-refractivity contribution is -0.138. The Labute approximate surface area is 387 Å². The molecular formula is C46H45Cl2N5O9S2. The lowest BCUT2D eigenvalue weighted by atomic mass is 10.0. The zero-order valence-electron chi connectivity index (χ0n) is 35.1. The van der Waals surface area contributed by atoms with Crippen LogP contribution in [0.2, 0.25) is 10.0 Å². The van der Waals surface area contributed by atoms with Crippen LogP contribution in [0.1, 0.15) is 110 Å². The number of fused-ring (bicyclic) bond motifs is 2. The number of rotatable bonds is 14. The van der Waals surface area contributed by atoms with Gasteiger partial charge in [0.1, 0.15) is 23.7 Å². The first-order valence-electron chi connectivity index (χ1n) is 20.9. The van der Waals surface area contributed by atoms with Gasteiger partial charge in [0.05, 0.1) is 21.2 Å². The van der Waals surface area contributed by atoms with E-state index in [1.54, 1.807) is 28.5 Å². The Morgan fingerprint density at radius 1 is 0.719 bits per heavy atom. The second-order valence-corrected chi connectivity index (χ2v) is 18.9. The van der Waals surface area contributed by atoms with Crippen LogP contribution in [-0.4, -0.2) is 74.8 Å². The number of Topliss-reactive ketones (excluding diaryl/α,β-unsaturated/α-hetero) is 2. The number of carbonyl (C=O) groups is 9. The van der Waals surface area contributed by atoms with Crippen LogP contribution < -0.4 is 16.0 Å². The highest BCUT2D eigenvalue weighted by molar-refractivity contribution is 7.12. The molecule has 4 aromatic rings. The van der Waals surface area contributed by atoms with Gasteiger partial charge in [-0.05, 0) is 96.0 Å². The van der Waals surface area contributed by atoms with E-state index < -0.39 is 23.9 Å². The Morgan fingerprint density at radius 2 is 1.33 bits per heavy atom. The predicted octanol–water partition coefficient (Wildman–Crippen LogP) is 6.47. The quantitative estimate of drug-likeness (QED) is 0.119. The summed E-state index contributed by atoms with van der Waals surface area (Å²) in [6.45, 7) is 4.01. The second kappa shape index (κ2) is 20.1. The van der Waals surface area contributed by atoms with Crippen molar-refractivity contribution in [3.63, 3.8) is 0 Å². The maximum atomic E-state index is 12.8. The topological polar surface area (TPSA) is 196 Å². The lowest BCUT2D eigenvalue weighted by Crippen LogP contribution is -2.52. The van der Waals surface area contributed by atoms with E-state index in [-0.39, 0.29) is 60.4 Å². The summed E-state index contributed by atoms with van der Waals surface area (Å²) >= 11 is 15.1. The maximum absolute atomic E-state index is 12.8. The van der Waals surface area contributed by atoms with Crippen LogP contribution in [0.4, 0.5) is 5.69 Å². The minimum Gasteiger partial charge on any atom is -0.325 e. The van der Waals surface area contributed by atoms with Gasteiger partial charge in [0.2, 0.25) is 29.5 Å². The normalized spacial score (nSPS) is 18.0. The van der Waals surface area contributed by atoms with Crippen LogP contribution in [0, 0.1) is 6.92 Å². The van der Waals surface area contributed by atoms with Gasteiger partial charge in [-0.2, -0.15) is 0 Å². The van der Waals surface area contributed by atoms with Crippen molar-refractivity contribution < 1.29 is 43.2 Å². The van der Waals surface area contributed by atoms with Crippen LogP contribution in [0.15, 0.2) is 47.2 Å². The van der Waals surface area contributed by atoms with Gasteiger partial charge < -0.3 is 15.1 Å². The molecule has 64 heavy (non-hydrogen) atoms. The van der Waals surface area contributed by atoms with E-state index in [1.165, 1.54) is 34.5 Å². The van der Waals surface area contributed by atoms with Gasteiger partial charge in [-0.25, -0.2) is 0 Å². The zero-order chi connectivity index (χ0) is 45.8. The number of nitrogens with zero attached hydrogens (tertiary/aromatic N) is 2. The zero-order valence-corrected chi connectivity index (χ0v) is 38.3. The predicted molar refractivity (Wildman–Crippen MR) is 241 cm³/mol. The molecule has 6 heterocycles. The molecule has 0 saturated carbocycles. The molecule has 14 nitrogen and oxygen atoms in total. The minimum atomic E-state index is -0.646. The first-order chi connectivity index (χ1) is 30.6. The number of imide groups is 2. The molecule has 2 saturated heterocycles. The highest BCUT2D eigenvalue weighted by atomic mass is 35.5. The van der Waals surface area contributed by atoms with Crippen molar-refractivity contribution in [2.45, 2.75) is 110 Å². The summed E-state index contributed by atoms with van der Waals surface area (Å²) in [5, 5.41) is 12.0. The SMILES string of the molecule is CC(=O)Nc1ccc(CC(=O)CCc2scc3c2CN(C2CCC(=O)NC2=O)C3=O)cc1Cl.Cc1ccc(CCC(=O)CCc2csc3c2CN(C2CCC(=O)NC2=O)C3=O)cc1Cl. The van der Waals surface area contributed by atoms with Crippen molar-refractivity contribution in [2.24, 2.45) is 0 Å². The Hall–Kier alpha value is -5.55. The number of ketones is 2. The number of benzene rings is 2. The van der Waals surface area contributed by atoms with Gasteiger partial charge in [-0.1, -0.05) is 41.4 Å². The van der Waals surface area contributed by atoms with E-state index >= 15 is 0 Å². The van der Waals surface area contributed by atoms with Gasteiger partial charge >= 0.3 is 0 Å². The minimum absolute atomic E-state index is 0.0341. The average molecular weight is 947 g/mol. The average Bonchev–Trinajstić information content (AvgIpc) is 4.00. The summed E-state index contributed by atoms with van der Waals surface area (Å²) in [4.78, 5) is 114. The van der Waals surface area contributed by atoms with Crippen molar-refractivity contribution in [3.05, 3.63) is 106 Å². The highest BCUT2D eigenvalue weighted by Crippen LogP contribution is 2.36. The van der Waals surface area contributed by atoms with Crippen molar-refractivity contribution in [1.29, 1.82) is 0 Å². The number of thiophene rings is 2. The molecule has 0 radical (unpaired) electrons. The Bertz CT molecular complexity index is 2600. The summed E-state index contributed by atoms with van der Waals surface area (Å²) in [6.07, 6.45) is 4.25. The van der Waals surface area contributed by atoms with E-state index in [1.807, 2.05) is 30.5 Å². The summed E-state index contributed by atoms with van der Waals surface area (Å²) in [5.74, 6) is -1.85. The van der Waals surface area contributed by atoms with Crippen molar-refractivity contribution in [2.75, 3.05) is 5.32 Å². The molecule has 8 rings (SSSR count). The smallest absolute Gasteiger partial charge is 0.265 e. The van der Waals surface area contributed by atoms with Gasteiger partial charge in [0, 0.05) is 73.8 Å². The number of anilines is 1. The Kier molecular flexibility index (Phi) is 14.6. The number of nitrogens with one attached hydrogen (secondary N) is 3. The van der Waals surface area contributed by atoms with Gasteiger partial charge in [0.25, 0.3) is 11.8 Å². The standard InChI is InChI=1S/C23H22ClN3O5S.C23H23ClN2O4S/c1-12(28)25-18-4-2-13(9-17(18)24)8-14(29)3-6-20-15-10-27(23(32)16(15)11-33-20)19-5-7-21(30)26-22(19)31;1-13-2-3-14(10-18(13)24)4-6-16(27)7-5-15-12-31-21-17(15)11-26(23(21)30)19-8-9-20(28)25-22(19)29/h2,4,9,11,19H,3,5-8,10H2,1H3,(H,25,28)(H,26,30,31);2-3,10,12,19H,4-9,11H2,1H3,(H,25,28,29). The van der Waals surface area contributed by atoms with Crippen molar-refractivity contribution >= 4 is 104 Å².